The molecule has 0 aromatic rings. The van der Waals surface area contributed by atoms with Crippen LogP contribution in [0.5, 0.6) is 0 Å². The van der Waals surface area contributed by atoms with Crippen LogP contribution in [0.2, 0.25) is 0 Å². The maximum Gasteiger partial charge on any atom is 0.0597 e. The van der Waals surface area contributed by atoms with Crippen molar-refractivity contribution in [3.8, 4) is 0 Å². The number of ether oxygens (including phenoxy) is 2. The van der Waals surface area contributed by atoms with E-state index in [0.717, 1.165) is 45.3 Å². The third kappa shape index (κ3) is 3.74. The van der Waals surface area contributed by atoms with Gasteiger partial charge in [0.1, 0.15) is 0 Å². The van der Waals surface area contributed by atoms with Crippen molar-refractivity contribution in [1.82, 2.24) is 0 Å². The summed E-state index contributed by atoms with van der Waals surface area (Å²) in [5.41, 5.74) is 0. The van der Waals surface area contributed by atoms with E-state index in [2.05, 4.69) is 0 Å². The van der Waals surface area contributed by atoms with E-state index in [1.165, 1.54) is 12.8 Å². The highest BCUT2D eigenvalue weighted by Gasteiger charge is 2.20. The van der Waals surface area contributed by atoms with E-state index in [0.29, 0.717) is 12.2 Å². The summed E-state index contributed by atoms with van der Waals surface area (Å²) in [4.78, 5) is 0. The molecule has 3 heteroatoms. The van der Waals surface area contributed by atoms with Gasteiger partial charge in [0.15, 0.2) is 0 Å². The molecule has 2 rings (SSSR count). The molecule has 0 radical (unpaired) electrons. The molecule has 2 fully saturated rings. The molecule has 1 saturated carbocycles. The average Bonchev–Trinajstić information content (AvgIpc) is 2.74. The Labute approximate surface area is 91.8 Å². The first-order valence-electron chi connectivity index (χ1n) is 6.26. The summed E-state index contributed by atoms with van der Waals surface area (Å²) < 4.78 is 11.3. The Hall–Kier alpha value is -0.120. The first-order valence-corrected chi connectivity index (χ1v) is 6.26. The van der Waals surface area contributed by atoms with Gasteiger partial charge in [-0.05, 0) is 44.9 Å². The molecule has 0 amide bonds. The van der Waals surface area contributed by atoms with Gasteiger partial charge in [-0.2, -0.15) is 0 Å². The summed E-state index contributed by atoms with van der Waals surface area (Å²) in [6.45, 7) is 1.76. The molecule has 1 heterocycles. The minimum absolute atomic E-state index is 0.0805. The molecular weight excluding hydrogens is 192 g/mol. The third-order valence-corrected chi connectivity index (χ3v) is 3.46. The number of aliphatic hydroxyl groups excluding tert-OH is 1. The maximum absolute atomic E-state index is 9.35. The van der Waals surface area contributed by atoms with E-state index < -0.39 is 0 Å². The Kier molecular flexibility index (Phi) is 4.42. The van der Waals surface area contributed by atoms with Crippen LogP contribution in [-0.4, -0.2) is 36.6 Å². The summed E-state index contributed by atoms with van der Waals surface area (Å²) in [5.74, 6) is 0. The standard InChI is InChI=1S/C12H22O3/c13-10-3-5-12(6-4-10)15-9-7-11-2-1-8-14-11/h10-13H,1-9H2. The lowest BCUT2D eigenvalue weighted by Crippen LogP contribution is -2.25. The molecule has 0 aromatic carbocycles. The van der Waals surface area contributed by atoms with Gasteiger partial charge in [0.05, 0.1) is 18.3 Å². The number of hydrogen-bond donors (Lipinski definition) is 1. The van der Waals surface area contributed by atoms with Crippen LogP contribution >= 0.6 is 0 Å². The van der Waals surface area contributed by atoms with Crippen molar-refractivity contribution < 1.29 is 14.6 Å². The van der Waals surface area contributed by atoms with Crippen molar-refractivity contribution in [2.45, 2.75) is 63.3 Å². The Balaban J connectivity index is 1.53. The number of aliphatic hydroxyl groups is 1. The van der Waals surface area contributed by atoms with Gasteiger partial charge < -0.3 is 14.6 Å². The maximum atomic E-state index is 9.35. The summed E-state index contributed by atoms with van der Waals surface area (Å²) in [7, 11) is 0. The van der Waals surface area contributed by atoms with Gasteiger partial charge in [-0.1, -0.05) is 0 Å². The molecule has 2 aliphatic rings. The molecule has 1 N–H and O–H groups in total. The van der Waals surface area contributed by atoms with E-state index in [4.69, 9.17) is 9.47 Å². The SMILES string of the molecule is OC1CCC(OCCC2CCCO2)CC1. The van der Waals surface area contributed by atoms with Gasteiger partial charge >= 0.3 is 0 Å². The molecule has 1 aliphatic heterocycles. The Morgan fingerprint density at radius 2 is 1.93 bits per heavy atom. The van der Waals surface area contributed by atoms with Crippen LogP contribution in [-0.2, 0) is 9.47 Å². The zero-order chi connectivity index (χ0) is 10.5. The first-order chi connectivity index (χ1) is 7.34. The minimum Gasteiger partial charge on any atom is -0.393 e. The first kappa shape index (κ1) is 11.4. The van der Waals surface area contributed by atoms with E-state index in [-0.39, 0.29) is 6.10 Å². The van der Waals surface area contributed by atoms with Gasteiger partial charge in [0.2, 0.25) is 0 Å². The summed E-state index contributed by atoms with van der Waals surface area (Å²) in [6.07, 6.45) is 8.05. The molecule has 1 aliphatic carbocycles. The van der Waals surface area contributed by atoms with Crippen LogP contribution in [0.15, 0.2) is 0 Å². The molecular formula is C12H22O3. The third-order valence-electron chi connectivity index (χ3n) is 3.46. The van der Waals surface area contributed by atoms with Crippen molar-refractivity contribution in [3.63, 3.8) is 0 Å². The Morgan fingerprint density at radius 1 is 1.13 bits per heavy atom. The van der Waals surface area contributed by atoms with Crippen molar-refractivity contribution in [2.24, 2.45) is 0 Å². The van der Waals surface area contributed by atoms with Crippen molar-refractivity contribution >= 4 is 0 Å². The topological polar surface area (TPSA) is 38.7 Å². The highest BCUT2D eigenvalue weighted by Crippen LogP contribution is 2.22. The van der Waals surface area contributed by atoms with E-state index in [9.17, 15) is 5.11 Å². The second kappa shape index (κ2) is 5.83. The molecule has 88 valence electrons. The van der Waals surface area contributed by atoms with Crippen molar-refractivity contribution in [2.75, 3.05) is 13.2 Å². The molecule has 3 nitrogen and oxygen atoms in total. The van der Waals surface area contributed by atoms with Crippen LogP contribution in [0.1, 0.15) is 44.9 Å². The fourth-order valence-corrected chi connectivity index (χ4v) is 2.45. The summed E-state index contributed by atoms with van der Waals surface area (Å²) >= 11 is 0. The highest BCUT2D eigenvalue weighted by atomic mass is 16.5. The largest absolute Gasteiger partial charge is 0.393 e. The van der Waals surface area contributed by atoms with Gasteiger partial charge in [0, 0.05) is 13.2 Å². The van der Waals surface area contributed by atoms with Crippen LogP contribution in [0, 0.1) is 0 Å². The van der Waals surface area contributed by atoms with Crippen LogP contribution in [0.25, 0.3) is 0 Å². The normalized spacial score (nSPS) is 37.0. The summed E-state index contributed by atoms with van der Waals surface area (Å²) in [5, 5.41) is 9.35. The molecule has 1 unspecified atom stereocenters. The van der Waals surface area contributed by atoms with Crippen LogP contribution < -0.4 is 0 Å². The Bertz CT molecular complexity index is 170. The molecule has 1 atom stereocenters. The van der Waals surface area contributed by atoms with Gasteiger partial charge in [0.25, 0.3) is 0 Å². The predicted molar refractivity (Wildman–Crippen MR) is 57.8 cm³/mol. The zero-order valence-electron chi connectivity index (χ0n) is 9.36. The fourth-order valence-electron chi connectivity index (χ4n) is 2.45. The molecule has 1 saturated heterocycles. The predicted octanol–water partition coefficient (Wildman–Crippen LogP) is 1.88. The average molecular weight is 214 g/mol. The monoisotopic (exact) mass is 214 g/mol. The second-order valence-corrected chi connectivity index (χ2v) is 4.73. The van der Waals surface area contributed by atoms with Gasteiger partial charge in [-0.3, -0.25) is 0 Å². The van der Waals surface area contributed by atoms with Gasteiger partial charge in [-0.25, -0.2) is 0 Å². The quantitative estimate of drug-likeness (QED) is 0.776. The van der Waals surface area contributed by atoms with Crippen molar-refractivity contribution in [1.29, 1.82) is 0 Å². The van der Waals surface area contributed by atoms with E-state index in [1.807, 2.05) is 0 Å². The number of rotatable bonds is 4. The van der Waals surface area contributed by atoms with E-state index in [1.54, 1.807) is 0 Å². The summed E-state index contributed by atoms with van der Waals surface area (Å²) in [6, 6.07) is 0. The lowest BCUT2D eigenvalue weighted by atomic mass is 9.95. The second-order valence-electron chi connectivity index (χ2n) is 4.73. The molecule has 0 bridgehead atoms. The van der Waals surface area contributed by atoms with E-state index >= 15 is 0 Å². The Morgan fingerprint density at radius 3 is 2.60 bits per heavy atom. The smallest absolute Gasteiger partial charge is 0.0597 e. The molecule has 0 aromatic heterocycles. The fraction of sp³-hybridized carbons (Fsp3) is 1.00. The van der Waals surface area contributed by atoms with Crippen molar-refractivity contribution in [3.05, 3.63) is 0 Å². The zero-order valence-corrected chi connectivity index (χ0v) is 9.36. The number of hydrogen-bond acceptors (Lipinski definition) is 3. The minimum atomic E-state index is -0.0805. The molecule has 15 heavy (non-hydrogen) atoms. The van der Waals surface area contributed by atoms with Crippen LogP contribution in [0.4, 0.5) is 0 Å². The lowest BCUT2D eigenvalue weighted by Gasteiger charge is -2.25. The highest BCUT2D eigenvalue weighted by molar-refractivity contribution is 4.72. The van der Waals surface area contributed by atoms with Gasteiger partial charge in [-0.15, -0.1) is 0 Å². The molecule has 0 spiro atoms. The van der Waals surface area contributed by atoms with Crippen LogP contribution in [0.3, 0.4) is 0 Å². The lowest BCUT2D eigenvalue weighted by molar-refractivity contribution is -0.0178.